The van der Waals surface area contributed by atoms with Crippen LogP contribution in [0.2, 0.25) is 0 Å². The van der Waals surface area contributed by atoms with Crippen molar-refractivity contribution in [2.24, 2.45) is 5.73 Å². The molecular weight excluding hydrogens is 548 g/mol. The summed E-state index contributed by atoms with van der Waals surface area (Å²) in [5.74, 6) is 0.732. The van der Waals surface area contributed by atoms with Gasteiger partial charge in [0.15, 0.2) is 11.0 Å². The van der Waals surface area contributed by atoms with Gasteiger partial charge in [-0.3, -0.25) is 4.79 Å². The van der Waals surface area contributed by atoms with Crippen LogP contribution in [0.1, 0.15) is 62.1 Å². The molecule has 3 aliphatic heterocycles. The Kier molecular flexibility index (Phi) is 6.04. The summed E-state index contributed by atoms with van der Waals surface area (Å²) < 4.78 is 23.8. The maximum Gasteiger partial charge on any atom is 0.341 e. The number of fused-ring (bicyclic) bond motifs is 5. The highest BCUT2D eigenvalue weighted by Gasteiger charge is 2.60. The summed E-state index contributed by atoms with van der Waals surface area (Å²) in [5.41, 5.74) is 9.18. The highest BCUT2D eigenvalue weighted by atomic mass is 16.7. The highest BCUT2D eigenvalue weighted by molar-refractivity contribution is 5.87. The van der Waals surface area contributed by atoms with Crippen LogP contribution in [-0.4, -0.2) is 34.5 Å². The molecule has 4 aliphatic rings. The molecule has 2 aromatic carbocycles. The lowest BCUT2D eigenvalue weighted by Crippen LogP contribution is -2.50. The average Bonchev–Trinajstić information content (AvgIpc) is 3.62. The van der Waals surface area contributed by atoms with E-state index in [9.17, 15) is 14.7 Å². The Labute approximate surface area is 248 Å². The van der Waals surface area contributed by atoms with Crippen LogP contribution < -0.4 is 21.2 Å². The third-order valence-corrected chi connectivity index (χ3v) is 9.07. The normalized spacial score (nSPS) is 26.4. The fourth-order valence-corrected chi connectivity index (χ4v) is 6.51. The van der Waals surface area contributed by atoms with Gasteiger partial charge in [-0.25, -0.2) is 4.79 Å². The fraction of sp³-hybridized carbons (Fsp3) is 0.353. The first-order valence-electron chi connectivity index (χ1n) is 14.6. The second-order valence-corrected chi connectivity index (χ2v) is 12.5. The summed E-state index contributed by atoms with van der Waals surface area (Å²) in [5, 5.41) is 14.5. The zero-order chi connectivity index (χ0) is 30.3. The van der Waals surface area contributed by atoms with Crippen LogP contribution in [0.4, 0.5) is 0 Å². The van der Waals surface area contributed by atoms with Crippen LogP contribution in [-0.2, 0) is 20.7 Å². The maximum atomic E-state index is 13.5. The molecule has 0 radical (unpaired) electrons. The van der Waals surface area contributed by atoms with Crippen molar-refractivity contribution < 1.29 is 28.5 Å². The number of carbonyl (C=O) groups excluding carboxylic acids is 1. The van der Waals surface area contributed by atoms with E-state index in [4.69, 9.17) is 24.4 Å². The first kappa shape index (κ1) is 27.3. The number of hydrogen-bond donors (Lipinski definition) is 3. The smallest absolute Gasteiger partial charge is 0.341 e. The van der Waals surface area contributed by atoms with Crippen molar-refractivity contribution in [3.05, 3.63) is 98.2 Å². The van der Waals surface area contributed by atoms with E-state index in [1.165, 1.54) is 11.6 Å². The fourth-order valence-electron chi connectivity index (χ4n) is 6.51. The van der Waals surface area contributed by atoms with E-state index in [1.54, 1.807) is 19.9 Å². The molecule has 4 N–H and O–H groups in total. The van der Waals surface area contributed by atoms with Crippen LogP contribution in [0.3, 0.4) is 0 Å². The molecule has 43 heavy (non-hydrogen) atoms. The average molecular weight is 583 g/mol. The van der Waals surface area contributed by atoms with E-state index in [0.717, 1.165) is 16.7 Å². The molecule has 0 bridgehead atoms. The molecule has 0 amide bonds. The van der Waals surface area contributed by atoms with Gasteiger partial charge in [0, 0.05) is 24.1 Å². The van der Waals surface area contributed by atoms with Crippen LogP contribution in [0.25, 0.3) is 17.0 Å². The molecular formula is C34H34N2O7. The molecule has 4 heterocycles. The van der Waals surface area contributed by atoms with Crippen molar-refractivity contribution in [1.29, 1.82) is 0 Å². The molecule has 1 aliphatic carbocycles. The van der Waals surface area contributed by atoms with Gasteiger partial charge >= 0.3 is 5.97 Å². The van der Waals surface area contributed by atoms with Crippen LogP contribution in [0.15, 0.2) is 74.7 Å². The zero-order valence-corrected chi connectivity index (χ0v) is 24.5. The van der Waals surface area contributed by atoms with E-state index >= 15 is 0 Å². The van der Waals surface area contributed by atoms with Gasteiger partial charge in [-0.2, -0.15) is 0 Å². The van der Waals surface area contributed by atoms with Crippen molar-refractivity contribution >= 4 is 23.0 Å². The first-order valence-corrected chi connectivity index (χ1v) is 14.6. The number of nitrogens with one attached hydrogen (secondary N) is 1. The molecule has 1 aromatic heterocycles. The maximum absolute atomic E-state index is 13.5. The van der Waals surface area contributed by atoms with Gasteiger partial charge < -0.3 is 34.8 Å². The number of hydrogen-bond acceptors (Lipinski definition) is 9. The lowest BCUT2D eigenvalue weighted by molar-refractivity contribution is -0.166. The summed E-state index contributed by atoms with van der Waals surface area (Å²) in [4.78, 5) is 26.1. The number of ether oxygens (including phenoxy) is 3. The Morgan fingerprint density at radius 3 is 2.79 bits per heavy atom. The number of rotatable bonds is 5. The molecule has 4 atom stereocenters. The van der Waals surface area contributed by atoms with Crippen molar-refractivity contribution in [3.8, 4) is 11.5 Å². The Hall–Kier alpha value is -4.50. The monoisotopic (exact) mass is 582 g/mol. The Balaban J connectivity index is 1.06. The molecule has 1 fully saturated rings. The van der Waals surface area contributed by atoms with Crippen LogP contribution >= 0.6 is 0 Å². The molecule has 0 saturated carbocycles. The van der Waals surface area contributed by atoms with Gasteiger partial charge in [-0.05, 0) is 68.9 Å². The number of allylic oxidation sites excluding steroid dienone is 2. The number of nitrogens with two attached hydrogens (primary N) is 1. The van der Waals surface area contributed by atoms with E-state index in [-0.39, 0.29) is 40.7 Å². The molecule has 9 nitrogen and oxygen atoms in total. The van der Waals surface area contributed by atoms with E-state index in [2.05, 4.69) is 29.6 Å². The SMILES string of the molecule is Cc1cc(=O)c2c(O)c3c(cc2o1)OC(C)(C)C(OC(=O)C1(C)OC1CCC1=C2C=Cc4ccccc4C2NC(N)=C1)C3. The van der Waals surface area contributed by atoms with Gasteiger partial charge in [-0.1, -0.05) is 36.4 Å². The third-order valence-electron chi connectivity index (χ3n) is 9.07. The number of aryl methyl sites for hydroxylation is 1. The van der Waals surface area contributed by atoms with Gasteiger partial charge in [0.2, 0.25) is 0 Å². The Morgan fingerprint density at radius 1 is 1.19 bits per heavy atom. The molecule has 9 heteroatoms. The third kappa shape index (κ3) is 4.50. The van der Waals surface area contributed by atoms with Crippen LogP contribution in [0.5, 0.6) is 11.5 Å². The lowest BCUT2D eigenvalue weighted by Gasteiger charge is -2.39. The first-order chi connectivity index (χ1) is 20.4. The second kappa shape index (κ2) is 9.50. The molecule has 4 unspecified atom stereocenters. The quantitative estimate of drug-likeness (QED) is 0.285. The number of epoxide rings is 1. The molecule has 7 rings (SSSR count). The number of carbonyl (C=O) groups is 1. The standard InChI is InChI=1S/C34H34N2O7/c1-17-13-23(37)29-25(40-17)16-24-22(31(29)38)15-27(33(2,3)42-24)41-32(39)34(4)26(43-34)12-10-19-14-28(35)36-30-20-8-6-5-7-18(20)9-11-21(19)30/h5-9,11,13-14,16,26-27,30,36,38H,10,12,15,35H2,1-4H3. The minimum absolute atomic E-state index is 0.0157. The summed E-state index contributed by atoms with van der Waals surface area (Å²) in [6.07, 6.45) is 6.64. The van der Waals surface area contributed by atoms with Crippen molar-refractivity contribution in [2.75, 3.05) is 0 Å². The minimum atomic E-state index is -1.10. The molecule has 1 saturated heterocycles. The summed E-state index contributed by atoms with van der Waals surface area (Å²) in [7, 11) is 0. The number of dihydropyridines is 1. The van der Waals surface area contributed by atoms with E-state index < -0.39 is 23.3 Å². The van der Waals surface area contributed by atoms with Gasteiger partial charge in [0.1, 0.15) is 39.9 Å². The van der Waals surface area contributed by atoms with Gasteiger partial charge in [-0.15, -0.1) is 0 Å². The van der Waals surface area contributed by atoms with Gasteiger partial charge in [0.05, 0.1) is 18.0 Å². The summed E-state index contributed by atoms with van der Waals surface area (Å²) in [6, 6.07) is 11.2. The number of benzene rings is 2. The lowest BCUT2D eigenvalue weighted by atomic mass is 9.83. The summed E-state index contributed by atoms with van der Waals surface area (Å²) in [6.45, 7) is 7.06. The van der Waals surface area contributed by atoms with Crippen LogP contribution in [0, 0.1) is 6.92 Å². The largest absolute Gasteiger partial charge is 0.507 e. The van der Waals surface area contributed by atoms with E-state index in [0.29, 0.717) is 35.7 Å². The molecule has 3 aromatic rings. The highest BCUT2D eigenvalue weighted by Crippen LogP contribution is 2.46. The van der Waals surface area contributed by atoms with Crippen molar-refractivity contribution in [3.63, 3.8) is 0 Å². The Bertz CT molecular complexity index is 1850. The zero-order valence-electron chi connectivity index (χ0n) is 24.5. The number of phenols is 1. The minimum Gasteiger partial charge on any atom is -0.507 e. The number of phenolic OH excluding ortho intramolecular Hbond substituents is 1. The van der Waals surface area contributed by atoms with E-state index in [1.807, 2.05) is 32.1 Å². The second-order valence-electron chi connectivity index (χ2n) is 12.5. The predicted molar refractivity (Wildman–Crippen MR) is 160 cm³/mol. The number of aromatic hydroxyl groups is 1. The number of esters is 1. The van der Waals surface area contributed by atoms with Crippen molar-refractivity contribution in [2.45, 2.75) is 76.4 Å². The summed E-state index contributed by atoms with van der Waals surface area (Å²) >= 11 is 0. The molecule has 222 valence electrons. The molecule has 0 spiro atoms. The predicted octanol–water partition coefficient (Wildman–Crippen LogP) is 4.84. The Morgan fingerprint density at radius 2 is 1.98 bits per heavy atom. The topological polar surface area (TPSA) is 137 Å². The van der Waals surface area contributed by atoms with Gasteiger partial charge in [0.25, 0.3) is 0 Å². The van der Waals surface area contributed by atoms with Crippen molar-refractivity contribution in [1.82, 2.24) is 5.32 Å².